The molecule has 2 nitrogen and oxygen atoms in total. The maximum atomic E-state index is 13.2. The minimum atomic E-state index is -0.781. The molecule has 0 aliphatic carbocycles. The summed E-state index contributed by atoms with van der Waals surface area (Å²) < 4.78 is 26.4. The van der Waals surface area contributed by atoms with Gasteiger partial charge in [0, 0.05) is 27.8 Å². The van der Waals surface area contributed by atoms with Crippen molar-refractivity contribution in [3.05, 3.63) is 77.2 Å². The van der Waals surface area contributed by atoms with Gasteiger partial charge in [-0.1, -0.05) is 24.3 Å². The highest BCUT2D eigenvalue weighted by Crippen LogP contribution is 2.31. The van der Waals surface area contributed by atoms with Gasteiger partial charge in [-0.15, -0.1) is 11.3 Å². The van der Waals surface area contributed by atoms with Crippen molar-refractivity contribution in [2.45, 2.75) is 0 Å². The highest BCUT2D eigenvalue weighted by atomic mass is 32.1. The zero-order chi connectivity index (χ0) is 15.5. The lowest BCUT2D eigenvalue weighted by atomic mass is 10.1. The molecule has 0 aliphatic heterocycles. The Balaban J connectivity index is 1.92. The lowest BCUT2D eigenvalue weighted by Crippen LogP contribution is -2.13. The lowest BCUT2D eigenvalue weighted by molar-refractivity contribution is 0.102. The van der Waals surface area contributed by atoms with E-state index in [4.69, 9.17) is 0 Å². The maximum absolute atomic E-state index is 13.2. The van der Waals surface area contributed by atoms with Gasteiger partial charge in [-0.3, -0.25) is 4.79 Å². The molecule has 5 heteroatoms. The Morgan fingerprint density at radius 2 is 1.68 bits per heavy atom. The zero-order valence-electron chi connectivity index (χ0n) is 11.3. The van der Waals surface area contributed by atoms with Crippen molar-refractivity contribution >= 4 is 22.9 Å². The number of carbonyl (C=O) groups excluding carboxylic acids is 1. The van der Waals surface area contributed by atoms with Crippen LogP contribution in [-0.4, -0.2) is 5.91 Å². The van der Waals surface area contributed by atoms with E-state index in [2.05, 4.69) is 5.32 Å². The standard InChI is InChI=1S/C17H11F2NOS/c18-12-8-11(9-13(19)10-12)17(21)20-15-5-2-1-4-14(15)16-6-3-7-22-16/h1-10H,(H,20,21). The third-order valence-electron chi connectivity index (χ3n) is 3.09. The van der Waals surface area contributed by atoms with E-state index in [0.29, 0.717) is 5.69 Å². The third kappa shape index (κ3) is 3.04. The first-order chi connectivity index (χ1) is 10.6. The predicted molar refractivity (Wildman–Crippen MR) is 84.1 cm³/mol. The van der Waals surface area contributed by atoms with Crippen LogP contribution in [0.4, 0.5) is 14.5 Å². The SMILES string of the molecule is O=C(Nc1ccccc1-c1cccs1)c1cc(F)cc(F)c1. The molecule has 1 amide bonds. The molecule has 0 saturated heterocycles. The normalized spacial score (nSPS) is 10.5. The van der Waals surface area contributed by atoms with Crippen molar-refractivity contribution < 1.29 is 13.6 Å². The van der Waals surface area contributed by atoms with Gasteiger partial charge in [0.2, 0.25) is 0 Å². The van der Waals surface area contributed by atoms with E-state index >= 15 is 0 Å². The molecule has 0 bridgehead atoms. The summed E-state index contributed by atoms with van der Waals surface area (Å²) in [6, 6.07) is 13.9. The van der Waals surface area contributed by atoms with Gasteiger partial charge < -0.3 is 5.32 Å². The van der Waals surface area contributed by atoms with Gasteiger partial charge in [0.1, 0.15) is 11.6 Å². The predicted octanol–water partition coefficient (Wildman–Crippen LogP) is 4.95. The minimum absolute atomic E-state index is 0.0570. The molecule has 0 radical (unpaired) electrons. The number of benzene rings is 2. The molecule has 3 aromatic rings. The number of rotatable bonds is 3. The summed E-state index contributed by atoms with van der Waals surface area (Å²) in [5, 5.41) is 4.64. The molecular weight excluding hydrogens is 304 g/mol. The number of hydrogen-bond donors (Lipinski definition) is 1. The monoisotopic (exact) mass is 315 g/mol. The van der Waals surface area contributed by atoms with Crippen molar-refractivity contribution in [1.82, 2.24) is 0 Å². The second-order valence-corrected chi connectivity index (χ2v) is 5.58. The Hall–Kier alpha value is -2.53. The van der Waals surface area contributed by atoms with Gasteiger partial charge in [-0.25, -0.2) is 8.78 Å². The van der Waals surface area contributed by atoms with E-state index in [1.54, 1.807) is 23.5 Å². The number of para-hydroxylation sites is 1. The second kappa shape index (κ2) is 6.07. The van der Waals surface area contributed by atoms with E-state index in [1.165, 1.54) is 0 Å². The molecule has 0 saturated carbocycles. The van der Waals surface area contributed by atoms with E-state index < -0.39 is 17.5 Å². The Morgan fingerprint density at radius 3 is 2.36 bits per heavy atom. The Kier molecular flexibility index (Phi) is 3.98. The fourth-order valence-electron chi connectivity index (χ4n) is 2.12. The molecule has 0 unspecified atom stereocenters. The van der Waals surface area contributed by atoms with Gasteiger partial charge in [0.15, 0.2) is 0 Å². The minimum Gasteiger partial charge on any atom is -0.321 e. The smallest absolute Gasteiger partial charge is 0.255 e. The summed E-state index contributed by atoms with van der Waals surface area (Å²) in [6.07, 6.45) is 0. The molecule has 0 aliphatic rings. The van der Waals surface area contributed by atoms with Crippen LogP contribution < -0.4 is 5.32 Å². The summed E-state index contributed by atoms with van der Waals surface area (Å²) in [5.41, 5.74) is 1.40. The fraction of sp³-hybridized carbons (Fsp3) is 0. The van der Waals surface area contributed by atoms with Crippen LogP contribution in [-0.2, 0) is 0 Å². The Labute approximate surface area is 130 Å². The molecule has 1 heterocycles. The van der Waals surface area contributed by atoms with Crippen LogP contribution in [0.25, 0.3) is 10.4 Å². The summed E-state index contributed by atoms with van der Waals surface area (Å²) >= 11 is 1.55. The highest BCUT2D eigenvalue weighted by Gasteiger charge is 2.12. The molecule has 0 atom stereocenters. The average Bonchev–Trinajstić information content (AvgIpc) is 3.01. The van der Waals surface area contributed by atoms with Gasteiger partial charge in [0.25, 0.3) is 5.91 Å². The van der Waals surface area contributed by atoms with Crippen LogP contribution in [0.5, 0.6) is 0 Å². The van der Waals surface area contributed by atoms with Crippen LogP contribution >= 0.6 is 11.3 Å². The van der Waals surface area contributed by atoms with Gasteiger partial charge in [-0.05, 0) is 29.6 Å². The maximum Gasteiger partial charge on any atom is 0.255 e. The van der Waals surface area contributed by atoms with Gasteiger partial charge in [-0.2, -0.15) is 0 Å². The fourth-order valence-corrected chi connectivity index (χ4v) is 2.88. The highest BCUT2D eigenvalue weighted by molar-refractivity contribution is 7.13. The third-order valence-corrected chi connectivity index (χ3v) is 3.99. The average molecular weight is 315 g/mol. The number of thiophene rings is 1. The summed E-state index contributed by atoms with van der Waals surface area (Å²) in [7, 11) is 0. The van der Waals surface area contributed by atoms with Crippen LogP contribution in [0.2, 0.25) is 0 Å². The molecule has 0 spiro atoms. The molecule has 2 aromatic carbocycles. The molecule has 0 fully saturated rings. The number of anilines is 1. The molecule has 3 rings (SSSR count). The van der Waals surface area contributed by atoms with Crippen LogP contribution in [0.3, 0.4) is 0 Å². The van der Waals surface area contributed by atoms with Crippen molar-refractivity contribution in [1.29, 1.82) is 0 Å². The van der Waals surface area contributed by atoms with Crippen LogP contribution in [0.15, 0.2) is 60.0 Å². The van der Waals surface area contributed by atoms with Gasteiger partial charge in [0.05, 0.1) is 0 Å². The molecule has 110 valence electrons. The molecule has 1 aromatic heterocycles. The van der Waals surface area contributed by atoms with Crippen LogP contribution in [0, 0.1) is 11.6 Å². The second-order valence-electron chi connectivity index (χ2n) is 4.64. The first-order valence-corrected chi connectivity index (χ1v) is 7.42. The molecule has 1 N–H and O–H groups in total. The van der Waals surface area contributed by atoms with Gasteiger partial charge >= 0.3 is 0 Å². The quantitative estimate of drug-likeness (QED) is 0.728. The number of carbonyl (C=O) groups is 1. The van der Waals surface area contributed by atoms with E-state index in [0.717, 1.165) is 28.6 Å². The summed E-state index contributed by atoms with van der Waals surface area (Å²) in [5.74, 6) is -2.12. The van der Waals surface area contributed by atoms with Crippen molar-refractivity contribution in [2.75, 3.05) is 5.32 Å². The largest absolute Gasteiger partial charge is 0.321 e. The Bertz CT molecular complexity index is 795. The lowest BCUT2D eigenvalue weighted by Gasteiger charge is -2.10. The van der Waals surface area contributed by atoms with Crippen molar-refractivity contribution in [3.63, 3.8) is 0 Å². The number of nitrogens with one attached hydrogen (secondary N) is 1. The Morgan fingerprint density at radius 1 is 0.955 bits per heavy atom. The number of amides is 1. The molecular formula is C17H11F2NOS. The van der Waals surface area contributed by atoms with Crippen molar-refractivity contribution in [3.8, 4) is 10.4 Å². The topological polar surface area (TPSA) is 29.1 Å². The van der Waals surface area contributed by atoms with E-state index in [-0.39, 0.29) is 5.56 Å². The first-order valence-electron chi connectivity index (χ1n) is 6.54. The van der Waals surface area contributed by atoms with Crippen molar-refractivity contribution in [2.24, 2.45) is 0 Å². The molecule has 22 heavy (non-hydrogen) atoms. The summed E-state index contributed by atoms with van der Waals surface area (Å²) in [4.78, 5) is 13.2. The number of hydrogen-bond acceptors (Lipinski definition) is 2. The number of halogens is 2. The van der Waals surface area contributed by atoms with E-state index in [1.807, 2.05) is 29.6 Å². The van der Waals surface area contributed by atoms with Crippen LogP contribution in [0.1, 0.15) is 10.4 Å². The van der Waals surface area contributed by atoms with E-state index in [9.17, 15) is 13.6 Å². The zero-order valence-corrected chi connectivity index (χ0v) is 12.2. The first kappa shape index (κ1) is 14.4. The summed E-state index contributed by atoms with van der Waals surface area (Å²) in [6.45, 7) is 0.